The van der Waals surface area contributed by atoms with Crippen LogP contribution in [-0.4, -0.2) is 42.3 Å². The summed E-state index contributed by atoms with van der Waals surface area (Å²) >= 11 is 0. The fourth-order valence-electron chi connectivity index (χ4n) is 5.30. The molecule has 0 aromatic heterocycles. The molecule has 5 heteroatoms. The molecule has 1 aliphatic carbocycles. The Hall–Kier alpha value is -1.85. The van der Waals surface area contributed by atoms with E-state index in [0.717, 1.165) is 54.5 Å². The van der Waals surface area contributed by atoms with Gasteiger partial charge in [-0.05, 0) is 81.8 Å². The van der Waals surface area contributed by atoms with Gasteiger partial charge in [0.15, 0.2) is 0 Å². The minimum Gasteiger partial charge on any atom is -0.508 e. The van der Waals surface area contributed by atoms with Crippen LogP contribution in [0.2, 0.25) is 0 Å². The zero-order valence-electron chi connectivity index (χ0n) is 22.2. The van der Waals surface area contributed by atoms with E-state index in [1.54, 1.807) is 0 Å². The molecule has 5 nitrogen and oxygen atoms in total. The highest BCUT2D eigenvalue weighted by atomic mass is 16.5. The molecule has 2 aliphatic rings. The number of aliphatic hydroxyl groups is 1. The molecule has 1 aliphatic heterocycles. The summed E-state index contributed by atoms with van der Waals surface area (Å²) in [4.78, 5) is 11.4. The molecule has 0 bridgehead atoms. The Morgan fingerprint density at radius 3 is 2.53 bits per heavy atom. The van der Waals surface area contributed by atoms with Gasteiger partial charge in [-0.25, -0.2) is 0 Å². The number of phenolic OH excluding ortho intramolecular Hbond substituents is 1. The maximum Gasteiger partial charge on any atom is 0.145 e. The highest BCUT2D eigenvalue weighted by Crippen LogP contribution is 2.54. The van der Waals surface area contributed by atoms with Crippen molar-refractivity contribution in [3.63, 3.8) is 0 Å². The molecule has 0 spiro atoms. The number of aldehydes is 1. The van der Waals surface area contributed by atoms with E-state index in [9.17, 15) is 9.90 Å². The van der Waals surface area contributed by atoms with Gasteiger partial charge in [0.05, 0.1) is 0 Å². The van der Waals surface area contributed by atoms with E-state index in [1.165, 1.54) is 25.7 Å². The number of rotatable bonds is 10. The Balaban J connectivity index is 0.000000604. The van der Waals surface area contributed by atoms with E-state index < -0.39 is 0 Å². The lowest BCUT2D eigenvalue weighted by molar-refractivity contribution is -0.105. The van der Waals surface area contributed by atoms with Crippen molar-refractivity contribution in [3.8, 4) is 11.5 Å². The largest absolute Gasteiger partial charge is 0.508 e. The Labute approximate surface area is 207 Å². The van der Waals surface area contributed by atoms with Crippen molar-refractivity contribution >= 4 is 6.29 Å². The van der Waals surface area contributed by atoms with Gasteiger partial charge >= 0.3 is 0 Å². The smallest absolute Gasteiger partial charge is 0.145 e. The molecule has 0 fully saturated rings. The SMILES string of the molecule is CCCCCCC(C)(C)c1cc(O)c2c(c1)OC(C)(C)C1CC=C(C=O)CC21.CNCCCO. The van der Waals surface area contributed by atoms with E-state index >= 15 is 0 Å². The van der Waals surface area contributed by atoms with Gasteiger partial charge in [0, 0.05) is 24.0 Å². The second-order valence-electron chi connectivity index (χ2n) is 11.0. The highest BCUT2D eigenvalue weighted by Gasteiger charge is 2.46. The van der Waals surface area contributed by atoms with Crippen molar-refractivity contribution in [1.29, 1.82) is 0 Å². The number of ether oxygens (including phenoxy) is 1. The third kappa shape index (κ3) is 7.08. The van der Waals surface area contributed by atoms with Crippen molar-refractivity contribution in [2.75, 3.05) is 20.2 Å². The monoisotopic (exact) mass is 473 g/mol. The third-order valence-electron chi connectivity index (χ3n) is 7.51. The number of benzene rings is 1. The number of carbonyl (C=O) groups is 1. The summed E-state index contributed by atoms with van der Waals surface area (Å²) in [6.45, 7) is 12.2. The fraction of sp³-hybridized carbons (Fsp3) is 0.690. The van der Waals surface area contributed by atoms with Crippen molar-refractivity contribution in [2.45, 2.75) is 103 Å². The topological polar surface area (TPSA) is 78.8 Å². The Bertz CT molecular complexity index is 824. The van der Waals surface area contributed by atoms with Crippen LogP contribution in [0.15, 0.2) is 23.8 Å². The average molecular weight is 474 g/mol. The number of unbranched alkanes of at least 4 members (excludes halogenated alkanes) is 3. The van der Waals surface area contributed by atoms with Crippen LogP contribution in [0.3, 0.4) is 0 Å². The van der Waals surface area contributed by atoms with Gasteiger partial charge < -0.3 is 20.3 Å². The summed E-state index contributed by atoms with van der Waals surface area (Å²) in [5.74, 6) is 1.52. The Morgan fingerprint density at radius 1 is 1.21 bits per heavy atom. The van der Waals surface area contributed by atoms with Crippen LogP contribution >= 0.6 is 0 Å². The molecule has 1 heterocycles. The molecule has 0 amide bonds. The number of aromatic hydroxyl groups is 1. The summed E-state index contributed by atoms with van der Waals surface area (Å²) in [6.07, 6.45) is 11.4. The molecule has 1 aromatic rings. The molecule has 2 unspecified atom stereocenters. The molecule has 2 atom stereocenters. The van der Waals surface area contributed by atoms with E-state index in [4.69, 9.17) is 9.84 Å². The standard InChI is InChI=1S/C25H36O3.C4H11NO/c1-6-7-8-9-12-24(2,3)18-14-21(27)23-19-13-17(16-26)10-11-20(19)25(4,5)28-22(23)15-18;1-5-3-2-4-6/h10,14-16,19-20,27H,6-9,11-13H2,1-5H3;5-6H,2-4H2,1H3. The number of hydrogen-bond acceptors (Lipinski definition) is 5. The number of allylic oxidation sites excluding steroid dienone is 2. The zero-order valence-corrected chi connectivity index (χ0v) is 22.2. The highest BCUT2D eigenvalue weighted by molar-refractivity contribution is 5.74. The van der Waals surface area contributed by atoms with Gasteiger partial charge in [0.25, 0.3) is 0 Å². The molecule has 34 heavy (non-hydrogen) atoms. The average Bonchev–Trinajstić information content (AvgIpc) is 2.79. The predicted octanol–water partition coefficient (Wildman–Crippen LogP) is 6.02. The molecular weight excluding hydrogens is 426 g/mol. The first kappa shape index (κ1) is 28.4. The van der Waals surface area contributed by atoms with E-state index in [2.05, 4.69) is 46.0 Å². The normalized spacial score (nSPS) is 20.7. The van der Waals surface area contributed by atoms with Gasteiger partial charge in [0.1, 0.15) is 23.4 Å². The molecule has 0 radical (unpaired) electrons. The van der Waals surface area contributed by atoms with Gasteiger partial charge in [-0.2, -0.15) is 0 Å². The van der Waals surface area contributed by atoms with Crippen molar-refractivity contribution in [2.24, 2.45) is 5.92 Å². The van der Waals surface area contributed by atoms with Crippen LogP contribution in [0.5, 0.6) is 11.5 Å². The predicted molar refractivity (Wildman–Crippen MR) is 140 cm³/mol. The van der Waals surface area contributed by atoms with Crippen molar-refractivity contribution < 1.29 is 19.7 Å². The van der Waals surface area contributed by atoms with Crippen LogP contribution < -0.4 is 10.1 Å². The fourth-order valence-corrected chi connectivity index (χ4v) is 5.30. The summed E-state index contributed by atoms with van der Waals surface area (Å²) in [5, 5.41) is 22.1. The lowest BCUT2D eigenvalue weighted by Gasteiger charge is -2.47. The van der Waals surface area contributed by atoms with Crippen LogP contribution in [0, 0.1) is 5.92 Å². The molecule has 0 saturated heterocycles. The minimum absolute atomic E-state index is 0.00890. The van der Waals surface area contributed by atoms with E-state index in [-0.39, 0.29) is 22.9 Å². The molecule has 0 saturated carbocycles. The van der Waals surface area contributed by atoms with Crippen molar-refractivity contribution in [3.05, 3.63) is 34.9 Å². The summed E-state index contributed by atoms with van der Waals surface area (Å²) < 4.78 is 6.44. The third-order valence-corrected chi connectivity index (χ3v) is 7.51. The number of carbonyl (C=O) groups excluding carboxylic acids is 1. The quantitative estimate of drug-likeness (QED) is 0.286. The van der Waals surface area contributed by atoms with Gasteiger partial charge in [0.2, 0.25) is 0 Å². The number of nitrogens with one attached hydrogen (secondary N) is 1. The van der Waals surface area contributed by atoms with Crippen LogP contribution in [0.4, 0.5) is 0 Å². The maximum atomic E-state index is 11.4. The van der Waals surface area contributed by atoms with Crippen LogP contribution in [0.25, 0.3) is 0 Å². The molecule has 3 N–H and O–H groups in total. The molecule has 1 aromatic carbocycles. The lowest BCUT2D eigenvalue weighted by atomic mass is 9.66. The van der Waals surface area contributed by atoms with Gasteiger partial charge in [-0.1, -0.05) is 52.5 Å². The summed E-state index contributed by atoms with van der Waals surface area (Å²) in [6, 6.07) is 4.09. The molecular formula is C29H47NO4. The summed E-state index contributed by atoms with van der Waals surface area (Å²) in [7, 11) is 1.87. The molecule has 3 rings (SSSR count). The second kappa shape index (κ2) is 12.7. The molecule has 192 valence electrons. The number of hydrogen-bond donors (Lipinski definition) is 3. The zero-order chi connectivity index (χ0) is 25.4. The second-order valence-corrected chi connectivity index (χ2v) is 11.0. The maximum absolute atomic E-state index is 11.4. The van der Waals surface area contributed by atoms with E-state index in [1.807, 2.05) is 19.2 Å². The van der Waals surface area contributed by atoms with Gasteiger partial charge in [-0.3, -0.25) is 4.79 Å². The van der Waals surface area contributed by atoms with Crippen LogP contribution in [0.1, 0.15) is 103 Å². The first-order valence-corrected chi connectivity index (χ1v) is 13.1. The first-order valence-electron chi connectivity index (χ1n) is 13.1. The minimum atomic E-state index is -0.321. The first-order chi connectivity index (χ1) is 16.1. The summed E-state index contributed by atoms with van der Waals surface area (Å²) in [5.41, 5.74) is 2.53. The van der Waals surface area contributed by atoms with Crippen LogP contribution in [-0.2, 0) is 10.2 Å². The number of aliphatic hydroxyl groups excluding tert-OH is 1. The number of phenols is 1. The van der Waals surface area contributed by atoms with Gasteiger partial charge in [-0.15, -0.1) is 0 Å². The Kier molecular flexibility index (Phi) is 10.6. The Morgan fingerprint density at radius 2 is 1.94 bits per heavy atom. The number of fused-ring (bicyclic) bond motifs is 3. The lowest BCUT2D eigenvalue weighted by Crippen LogP contribution is -2.45. The van der Waals surface area contributed by atoms with E-state index in [0.29, 0.717) is 18.8 Å². The van der Waals surface area contributed by atoms with Crippen molar-refractivity contribution in [1.82, 2.24) is 5.32 Å².